The Labute approximate surface area is 116 Å². The Morgan fingerprint density at radius 2 is 1.79 bits per heavy atom. The number of nitrogen functional groups attached to an aromatic ring is 1. The van der Waals surface area contributed by atoms with Crippen molar-refractivity contribution >= 4 is 28.9 Å². The van der Waals surface area contributed by atoms with Gasteiger partial charge in [0.05, 0.1) is 11.3 Å². The van der Waals surface area contributed by atoms with Gasteiger partial charge in [0, 0.05) is 10.7 Å². The second kappa shape index (κ2) is 5.73. The maximum Gasteiger partial charge on any atom is 0.257 e. The van der Waals surface area contributed by atoms with E-state index < -0.39 is 0 Å². The maximum atomic E-state index is 12.2. The summed E-state index contributed by atoms with van der Waals surface area (Å²) >= 11 is 6.02. The number of hydrogen-bond donors (Lipinski definition) is 3. The van der Waals surface area contributed by atoms with Gasteiger partial charge >= 0.3 is 0 Å². The van der Waals surface area contributed by atoms with E-state index in [2.05, 4.69) is 10.7 Å². The van der Waals surface area contributed by atoms with E-state index in [0.717, 1.165) is 5.56 Å². The van der Waals surface area contributed by atoms with Gasteiger partial charge in [0.25, 0.3) is 5.91 Å². The summed E-state index contributed by atoms with van der Waals surface area (Å²) in [6.07, 6.45) is 0. The normalized spacial score (nSPS) is 10.1. The van der Waals surface area contributed by atoms with Crippen LogP contribution in [0.15, 0.2) is 42.5 Å². The number of rotatable bonds is 3. The molecule has 0 fully saturated rings. The number of hydrazine groups is 1. The molecule has 0 radical (unpaired) electrons. The molecule has 5 heteroatoms. The van der Waals surface area contributed by atoms with Crippen LogP contribution in [0.4, 0.5) is 11.4 Å². The fourth-order valence-electron chi connectivity index (χ4n) is 1.74. The molecule has 0 saturated heterocycles. The van der Waals surface area contributed by atoms with Crippen LogP contribution < -0.4 is 16.6 Å². The second-order valence-corrected chi connectivity index (χ2v) is 4.46. The van der Waals surface area contributed by atoms with E-state index in [1.165, 1.54) is 0 Å². The highest BCUT2D eigenvalue weighted by atomic mass is 35.5. The van der Waals surface area contributed by atoms with Crippen molar-refractivity contribution in [1.82, 2.24) is 0 Å². The Morgan fingerprint density at radius 3 is 2.53 bits per heavy atom. The van der Waals surface area contributed by atoms with Crippen molar-refractivity contribution in [2.75, 3.05) is 10.7 Å². The molecule has 0 aliphatic heterocycles. The van der Waals surface area contributed by atoms with Crippen LogP contribution in [-0.2, 0) is 0 Å². The maximum absolute atomic E-state index is 12.2. The van der Waals surface area contributed by atoms with Crippen molar-refractivity contribution in [3.05, 3.63) is 58.6 Å². The summed E-state index contributed by atoms with van der Waals surface area (Å²) in [4.78, 5) is 12.2. The predicted molar refractivity (Wildman–Crippen MR) is 78.4 cm³/mol. The number of hydrogen-bond acceptors (Lipinski definition) is 3. The third-order valence-corrected chi connectivity index (χ3v) is 3.25. The van der Waals surface area contributed by atoms with Crippen LogP contribution in [0, 0.1) is 6.92 Å². The van der Waals surface area contributed by atoms with Gasteiger partial charge in [-0.2, -0.15) is 0 Å². The molecule has 4 N–H and O–H groups in total. The first-order chi connectivity index (χ1) is 9.13. The van der Waals surface area contributed by atoms with E-state index in [9.17, 15) is 4.79 Å². The van der Waals surface area contributed by atoms with E-state index in [1.54, 1.807) is 42.5 Å². The fourth-order valence-corrected chi connectivity index (χ4v) is 1.91. The summed E-state index contributed by atoms with van der Waals surface area (Å²) in [5, 5.41) is 3.44. The molecular formula is C14H14ClN3O. The Balaban J connectivity index is 2.28. The SMILES string of the molecule is Cc1c(Cl)cccc1NC(=O)c1ccccc1NN. The average molecular weight is 276 g/mol. The van der Waals surface area contributed by atoms with Crippen molar-refractivity contribution in [3.8, 4) is 0 Å². The fraction of sp³-hybridized carbons (Fsp3) is 0.0714. The summed E-state index contributed by atoms with van der Waals surface area (Å²) in [7, 11) is 0. The molecule has 0 spiro atoms. The number of para-hydroxylation sites is 1. The van der Waals surface area contributed by atoms with Crippen molar-refractivity contribution in [1.29, 1.82) is 0 Å². The first-order valence-electron chi connectivity index (χ1n) is 5.75. The quantitative estimate of drug-likeness (QED) is 0.595. The third kappa shape index (κ3) is 2.86. The van der Waals surface area contributed by atoms with E-state index in [4.69, 9.17) is 17.4 Å². The van der Waals surface area contributed by atoms with E-state index in [0.29, 0.717) is 22.0 Å². The Kier molecular flexibility index (Phi) is 4.04. The van der Waals surface area contributed by atoms with E-state index in [-0.39, 0.29) is 5.91 Å². The second-order valence-electron chi connectivity index (χ2n) is 4.06. The predicted octanol–water partition coefficient (Wildman–Crippen LogP) is 3.19. The molecule has 0 unspecified atom stereocenters. The highest BCUT2D eigenvalue weighted by Crippen LogP contribution is 2.24. The van der Waals surface area contributed by atoms with Crippen LogP contribution in [0.3, 0.4) is 0 Å². The summed E-state index contributed by atoms with van der Waals surface area (Å²) < 4.78 is 0. The van der Waals surface area contributed by atoms with Crippen LogP contribution in [-0.4, -0.2) is 5.91 Å². The highest BCUT2D eigenvalue weighted by molar-refractivity contribution is 6.31. The Bertz CT molecular complexity index is 613. The lowest BCUT2D eigenvalue weighted by Gasteiger charge is -2.11. The number of anilines is 2. The molecule has 1 amide bonds. The largest absolute Gasteiger partial charge is 0.323 e. The molecule has 0 aliphatic rings. The number of amides is 1. The summed E-state index contributed by atoms with van der Waals surface area (Å²) in [6, 6.07) is 12.4. The molecule has 0 heterocycles. The molecule has 0 bridgehead atoms. The summed E-state index contributed by atoms with van der Waals surface area (Å²) in [6.45, 7) is 1.85. The number of carbonyl (C=O) groups is 1. The zero-order valence-electron chi connectivity index (χ0n) is 10.4. The lowest BCUT2D eigenvalue weighted by molar-refractivity contribution is 0.102. The first-order valence-corrected chi connectivity index (χ1v) is 6.13. The lowest BCUT2D eigenvalue weighted by Crippen LogP contribution is -2.17. The number of nitrogens with two attached hydrogens (primary N) is 1. The van der Waals surface area contributed by atoms with Crippen molar-refractivity contribution in [2.24, 2.45) is 5.84 Å². The van der Waals surface area contributed by atoms with Gasteiger partial charge < -0.3 is 10.7 Å². The number of carbonyl (C=O) groups excluding carboxylic acids is 1. The molecule has 0 aliphatic carbocycles. The van der Waals surface area contributed by atoms with Gasteiger partial charge in [0.15, 0.2) is 0 Å². The molecule has 2 aromatic carbocycles. The summed E-state index contributed by atoms with van der Waals surface area (Å²) in [5.41, 5.74) is 5.06. The van der Waals surface area contributed by atoms with Crippen molar-refractivity contribution in [3.63, 3.8) is 0 Å². The smallest absolute Gasteiger partial charge is 0.257 e. The van der Waals surface area contributed by atoms with Gasteiger partial charge in [-0.25, -0.2) is 0 Å². The standard InChI is InChI=1S/C14H14ClN3O/c1-9-11(15)6-4-8-12(9)17-14(19)10-5-2-3-7-13(10)18-16/h2-8,18H,16H2,1H3,(H,17,19). The molecule has 2 rings (SSSR count). The molecule has 19 heavy (non-hydrogen) atoms. The molecule has 0 atom stereocenters. The molecule has 0 saturated carbocycles. The molecular weight excluding hydrogens is 262 g/mol. The van der Waals surface area contributed by atoms with Crippen LogP contribution in [0.2, 0.25) is 5.02 Å². The lowest BCUT2D eigenvalue weighted by atomic mass is 10.1. The van der Waals surface area contributed by atoms with E-state index in [1.807, 2.05) is 6.92 Å². The number of nitrogens with one attached hydrogen (secondary N) is 2. The minimum absolute atomic E-state index is 0.237. The van der Waals surface area contributed by atoms with Crippen molar-refractivity contribution in [2.45, 2.75) is 6.92 Å². The summed E-state index contributed by atoms with van der Waals surface area (Å²) in [5.74, 6) is 5.15. The van der Waals surface area contributed by atoms with Crippen LogP contribution >= 0.6 is 11.6 Å². The minimum Gasteiger partial charge on any atom is -0.323 e. The Hall–Kier alpha value is -2.04. The Morgan fingerprint density at radius 1 is 1.11 bits per heavy atom. The average Bonchev–Trinajstić information content (AvgIpc) is 2.43. The highest BCUT2D eigenvalue weighted by Gasteiger charge is 2.12. The topological polar surface area (TPSA) is 67.2 Å². The van der Waals surface area contributed by atoms with Crippen LogP contribution in [0.5, 0.6) is 0 Å². The van der Waals surface area contributed by atoms with Gasteiger partial charge in [0.2, 0.25) is 0 Å². The molecule has 2 aromatic rings. The molecule has 4 nitrogen and oxygen atoms in total. The number of benzene rings is 2. The van der Waals surface area contributed by atoms with Gasteiger partial charge in [0.1, 0.15) is 0 Å². The molecule has 98 valence electrons. The zero-order chi connectivity index (χ0) is 13.8. The monoisotopic (exact) mass is 275 g/mol. The van der Waals surface area contributed by atoms with Gasteiger partial charge in [-0.05, 0) is 36.8 Å². The minimum atomic E-state index is -0.237. The van der Waals surface area contributed by atoms with Crippen LogP contribution in [0.25, 0.3) is 0 Å². The van der Waals surface area contributed by atoms with Gasteiger partial charge in [-0.1, -0.05) is 29.8 Å². The van der Waals surface area contributed by atoms with Gasteiger partial charge in [-0.15, -0.1) is 0 Å². The molecule has 0 aromatic heterocycles. The van der Waals surface area contributed by atoms with E-state index >= 15 is 0 Å². The third-order valence-electron chi connectivity index (χ3n) is 2.84. The van der Waals surface area contributed by atoms with Crippen LogP contribution in [0.1, 0.15) is 15.9 Å². The number of halogens is 1. The van der Waals surface area contributed by atoms with Gasteiger partial charge in [-0.3, -0.25) is 10.6 Å². The van der Waals surface area contributed by atoms with Crippen molar-refractivity contribution < 1.29 is 4.79 Å². The first kappa shape index (κ1) is 13.4. The zero-order valence-corrected chi connectivity index (χ0v) is 11.2.